The molecule has 0 aliphatic rings. The SMILES string of the molecule is Clc1ccc(Br)cc1NCc1cccc2cnccc12. The predicted molar refractivity (Wildman–Crippen MR) is 88.2 cm³/mol. The predicted octanol–water partition coefficient (Wildman–Crippen LogP) is 5.26. The fourth-order valence-electron chi connectivity index (χ4n) is 2.17. The first-order valence-electron chi connectivity index (χ1n) is 6.24. The van der Waals surface area contributed by atoms with Gasteiger partial charge in [-0.15, -0.1) is 0 Å². The Labute approximate surface area is 130 Å². The van der Waals surface area contributed by atoms with Gasteiger partial charge in [-0.1, -0.05) is 45.7 Å². The van der Waals surface area contributed by atoms with Gasteiger partial charge in [0.1, 0.15) is 0 Å². The molecule has 2 nitrogen and oxygen atoms in total. The number of fused-ring (bicyclic) bond motifs is 1. The van der Waals surface area contributed by atoms with E-state index in [4.69, 9.17) is 11.6 Å². The molecule has 4 heteroatoms. The Bertz CT molecular complexity index is 753. The second-order valence-corrected chi connectivity index (χ2v) is 5.81. The lowest BCUT2D eigenvalue weighted by molar-refractivity contribution is 1.16. The molecule has 2 aromatic carbocycles. The molecular weight excluding hydrogens is 336 g/mol. The summed E-state index contributed by atoms with van der Waals surface area (Å²) in [5, 5.41) is 6.45. The van der Waals surface area contributed by atoms with Crippen molar-refractivity contribution in [2.75, 3.05) is 5.32 Å². The van der Waals surface area contributed by atoms with Gasteiger partial charge < -0.3 is 5.32 Å². The molecule has 0 bridgehead atoms. The Morgan fingerprint density at radius 1 is 1.15 bits per heavy atom. The first-order valence-corrected chi connectivity index (χ1v) is 7.42. The Morgan fingerprint density at radius 2 is 2.05 bits per heavy atom. The highest BCUT2D eigenvalue weighted by Gasteiger charge is 2.03. The van der Waals surface area contributed by atoms with Crippen molar-refractivity contribution in [3.05, 3.63) is 69.9 Å². The molecule has 0 saturated heterocycles. The number of pyridine rings is 1. The maximum atomic E-state index is 6.19. The standard InChI is InChI=1S/C16H12BrClN2/c17-13-4-5-15(18)16(8-13)20-10-12-3-1-2-11-9-19-7-6-14(11)12/h1-9,20H,10H2. The lowest BCUT2D eigenvalue weighted by Gasteiger charge is -2.11. The molecule has 0 atom stereocenters. The van der Waals surface area contributed by atoms with Gasteiger partial charge in [-0.25, -0.2) is 0 Å². The number of nitrogens with one attached hydrogen (secondary N) is 1. The quantitative estimate of drug-likeness (QED) is 0.699. The molecular formula is C16H12BrClN2. The summed E-state index contributed by atoms with van der Waals surface area (Å²) in [5.74, 6) is 0. The van der Waals surface area contributed by atoms with Crippen LogP contribution in [-0.2, 0) is 6.54 Å². The average Bonchev–Trinajstić information content (AvgIpc) is 2.48. The summed E-state index contributed by atoms with van der Waals surface area (Å²) < 4.78 is 1.01. The van der Waals surface area contributed by atoms with E-state index < -0.39 is 0 Å². The van der Waals surface area contributed by atoms with E-state index in [0.717, 1.165) is 27.1 Å². The zero-order valence-electron chi connectivity index (χ0n) is 10.6. The van der Waals surface area contributed by atoms with Crippen molar-refractivity contribution < 1.29 is 0 Å². The van der Waals surface area contributed by atoms with Gasteiger partial charge in [0.15, 0.2) is 0 Å². The van der Waals surface area contributed by atoms with E-state index in [1.54, 1.807) is 0 Å². The Hall–Kier alpha value is -1.58. The van der Waals surface area contributed by atoms with Crippen LogP contribution in [-0.4, -0.2) is 4.98 Å². The van der Waals surface area contributed by atoms with Gasteiger partial charge in [-0.3, -0.25) is 4.98 Å². The monoisotopic (exact) mass is 346 g/mol. The third-order valence-corrected chi connectivity index (χ3v) is 3.99. The molecule has 0 aliphatic heterocycles. The van der Waals surface area contributed by atoms with E-state index in [1.807, 2.05) is 42.7 Å². The van der Waals surface area contributed by atoms with Crippen molar-refractivity contribution in [2.24, 2.45) is 0 Å². The van der Waals surface area contributed by atoms with Crippen molar-refractivity contribution in [1.82, 2.24) is 4.98 Å². The van der Waals surface area contributed by atoms with Crippen LogP contribution in [0.25, 0.3) is 10.8 Å². The molecule has 0 amide bonds. The number of benzene rings is 2. The summed E-state index contributed by atoms with van der Waals surface area (Å²) in [4.78, 5) is 4.15. The van der Waals surface area contributed by atoms with Crippen molar-refractivity contribution in [3.8, 4) is 0 Å². The molecule has 0 saturated carbocycles. The summed E-state index contributed by atoms with van der Waals surface area (Å²) >= 11 is 9.64. The Morgan fingerprint density at radius 3 is 2.95 bits per heavy atom. The molecule has 1 aromatic heterocycles. The molecule has 0 fully saturated rings. The zero-order chi connectivity index (χ0) is 13.9. The molecule has 1 N–H and O–H groups in total. The van der Waals surface area contributed by atoms with E-state index in [-0.39, 0.29) is 0 Å². The number of hydrogen-bond acceptors (Lipinski definition) is 2. The van der Waals surface area contributed by atoms with Crippen LogP contribution in [0.4, 0.5) is 5.69 Å². The van der Waals surface area contributed by atoms with Crippen LogP contribution in [0.1, 0.15) is 5.56 Å². The van der Waals surface area contributed by atoms with Crippen LogP contribution in [0, 0.1) is 0 Å². The van der Waals surface area contributed by atoms with E-state index in [9.17, 15) is 0 Å². The maximum Gasteiger partial charge on any atom is 0.0638 e. The van der Waals surface area contributed by atoms with Gasteiger partial charge in [0.05, 0.1) is 10.7 Å². The molecule has 0 radical (unpaired) electrons. The van der Waals surface area contributed by atoms with Gasteiger partial charge in [0, 0.05) is 28.8 Å². The van der Waals surface area contributed by atoms with Crippen LogP contribution < -0.4 is 5.32 Å². The van der Waals surface area contributed by atoms with Crippen LogP contribution in [0.2, 0.25) is 5.02 Å². The molecule has 1 heterocycles. The minimum atomic E-state index is 0.718. The van der Waals surface area contributed by atoms with Crippen molar-refractivity contribution in [1.29, 1.82) is 0 Å². The first kappa shape index (κ1) is 13.4. The van der Waals surface area contributed by atoms with Crippen molar-refractivity contribution >= 4 is 44.0 Å². The maximum absolute atomic E-state index is 6.19. The highest BCUT2D eigenvalue weighted by Crippen LogP contribution is 2.27. The van der Waals surface area contributed by atoms with Crippen LogP contribution in [0.3, 0.4) is 0 Å². The minimum absolute atomic E-state index is 0.718. The summed E-state index contributed by atoms with van der Waals surface area (Å²) in [6.07, 6.45) is 3.70. The van der Waals surface area contributed by atoms with Gasteiger partial charge in [-0.2, -0.15) is 0 Å². The number of rotatable bonds is 3. The van der Waals surface area contributed by atoms with E-state index in [1.165, 1.54) is 10.9 Å². The number of halogens is 2. The number of hydrogen-bond donors (Lipinski definition) is 1. The van der Waals surface area contributed by atoms with Gasteiger partial charge >= 0.3 is 0 Å². The van der Waals surface area contributed by atoms with Gasteiger partial charge in [0.25, 0.3) is 0 Å². The summed E-state index contributed by atoms with van der Waals surface area (Å²) in [6, 6.07) is 14.0. The van der Waals surface area contributed by atoms with Crippen molar-refractivity contribution in [3.63, 3.8) is 0 Å². The first-order chi connectivity index (χ1) is 9.74. The molecule has 20 heavy (non-hydrogen) atoms. The minimum Gasteiger partial charge on any atom is -0.380 e. The van der Waals surface area contributed by atoms with Gasteiger partial charge in [0.2, 0.25) is 0 Å². The number of nitrogens with zero attached hydrogens (tertiary/aromatic N) is 1. The molecule has 0 aliphatic carbocycles. The van der Waals surface area contributed by atoms with E-state index in [0.29, 0.717) is 0 Å². The third kappa shape index (κ3) is 2.79. The zero-order valence-corrected chi connectivity index (χ0v) is 12.9. The third-order valence-electron chi connectivity index (χ3n) is 3.17. The topological polar surface area (TPSA) is 24.9 Å². The highest BCUT2D eigenvalue weighted by molar-refractivity contribution is 9.10. The molecule has 100 valence electrons. The average molecular weight is 348 g/mol. The summed E-state index contributed by atoms with van der Waals surface area (Å²) in [7, 11) is 0. The van der Waals surface area contributed by atoms with Gasteiger partial charge in [-0.05, 0) is 35.2 Å². The highest BCUT2D eigenvalue weighted by atomic mass is 79.9. The van der Waals surface area contributed by atoms with Crippen LogP contribution in [0.15, 0.2) is 59.3 Å². The molecule has 3 aromatic rings. The lowest BCUT2D eigenvalue weighted by atomic mass is 10.1. The second-order valence-electron chi connectivity index (χ2n) is 4.49. The number of aromatic nitrogens is 1. The Balaban J connectivity index is 1.89. The fraction of sp³-hybridized carbons (Fsp3) is 0.0625. The summed E-state index contributed by atoms with van der Waals surface area (Å²) in [6.45, 7) is 0.720. The molecule has 0 unspecified atom stereocenters. The summed E-state index contributed by atoms with van der Waals surface area (Å²) in [5.41, 5.74) is 2.15. The Kier molecular flexibility index (Phi) is 3.90. The fourth-order valence-corrected chi connectivity index (χ4v) is 2.71. The van der Waals surface area contributed by atoms with Crippen molar-refractivity contribution in [2.45, 2.75) is 6.54 Å². The van der Waals surface area contributed by atoms with E-state index in [2.05, 4.69) is 38.4 Å². The molecule has 0 spiro atoms. The van der Waals surface area contributed by atoms with Crippen LogP contribution in [0.5, 0.6) is 0 Å². The van der Waals surface area contributed by atoms with Crippen LogP contribution >= 0.6 is 27.5 Å². The van der Waals surface area contributed by atoms with E-state index >= 15 is 0 Å². The lowest BCUT2D eigenvalue weighted by Crippen LogP contribution is -2.00. The largest absolute Gasteiger partial charge is 0.380 e. The second kappa shape index (κ2) is 5.81. The normalized spacial score (nSPS) is 10.7. The number of anilines is 1. The molecule has 3 rings (SSSR count). The smallest absolute Gasteiger partial charge is 0.0638 e.